The maximum atomic E-state index is 11.3. The van der Waals surface area contributed by atoms with E-state index in [1.807, 2.05) is 0 Å². The van der Waals surface area contributed by atoms with E-state index in [2.05, 4.69) is 15.3 Å². The largest absolute Gasteiger partial charge is 0.330 e. The van der Waals surface area contributed by atoms with Gasteiger partial charge in [0.05, 0.1) is 0 Å². The molecule has 0 aliphatic heterocycles. The molecular formula is C9H13ClN4O. The molecule has 0 saturated carbocycles. The third-order valence-corrected chi connectivity index (χ3v) is 1.88. The van der Waals surface area contributed by atoms with Gasteiger partial charge in [-0.25, -0.2) is 9.97 Å². The number of rotatable bonds is 4. The second kappa shape index (κ2) is 5.63. The summed E-state index contributed by atoms with van der Waals surface area (Å²) in [5, 5.41) is 2.87. The normalized spacial score (nSPS) is 10.1. The summed E-state index contributed by atoms with van der Waals surface area (Å²) in [6.45, 7) is 2.27. The van der Waals surface area contributed by atoms with Crippen molar-refractivity contribution in [1.29, 1.82) is 0 Å². The molecule has 0 bridgehead atoms. The molecular weight excluding hydrogens is 216 g/mol. The van der Waals surface area contributed by atoms with Crippen LogP contribution in [0, 0.1) is 6.92 Å². The molecule has 15 heavy (non-hydrogen) atoms. The number of amides is 1. The molecule has 0 aliphatic carbocycles. The Morgan fingerprint density at radius 3 is 2.93 bits per heavy atom. The molecule has 0 spiro atoms. The molecule has 0 atom stereocenters. The zero-order chi connectivity index (χ0) is 11.3. The number of carbonyl (C=O) groups is 1. The Hall–Kier alpha value is -1.20. The highest BCUT2D eigenvalue weighted by atomic mass is 35.5. The highest BCUT2D eigenvalue weighted by Gasteiger charge is 2.05. The van der Waals surface area contributed by atoms with E-state index in [1.165, 1.54) is 0 Å². The highest BCUT2D eigenvalue weighted by Crippen LogP contribution is 2.09. The molecule has 0 fully saturated rings. The Kier molecular flexibility index (Phi) is 4.45. The first kappa shape index (κ1) is 11.9. The van der Waals surface area contributed by atoms with Crippen molar-refractivity contribution in [3.8, 4) is 0 Å². The number of carbonyl (C=O) groups excluding carboxylic acids is 1. The van der Waals surface area contributed by atoms with Crippen molar-refractivity contribution in [3.05, 3.63) is 16.9 Å². The van der Waals surface area contributed by atoms with Crippen LogP contribution in [0.3, 0.4) is 0 Å². The summed E-state index contributed by atoms with van der Waals surface area (Å²) in [6, 6.07) is 1.62. The number of aryl methyl sites for hydroxylation is 1. The zero-order valence-electron chi connectivity index (χ0n) is 8.46. The van der Waals surface area contributed by atoms with Crippen LogP contribution in [-0.4, -0.2) is 22.4 Å². The molecule has 3 N–H and O–H groups in total. The van der Waals surface area contributed by atoms with Gasteiger partial charge in [-0.15, -0.1) is 0 Å². The molecule has 0 aromatic carbocycles. The van der Waals surface area contributed by atoms with E-state index in [4.69, 9.17) is 17.3 Å². The van der Waals surface area contributed by atoms with Gasteiger partial charge in [-0.3, -0.25) is 10.1 Å². The third-order valence-electron chi connectivity index (χ3n) is 1.68. The SMILES string of the molecule is Cc1cc(Cl)nc(NC(=O)CCCN)n1. The van der Waals surface area contributed by atoms with Crippen LogP contribution in [0.25, 0.3) is 0 Å². The molecule has 1 heterocycles. The Morgan fingerprint density at radius 2 is 2.33 bits per heavy atom. The third kappa shape index (κ3) is 4.22. The van der Waals surface area contributed by atoms with E-state index in [1.54, 1.807) is 13.0 Å². The molecule has 1 rings (SSSR count). The van der Waals surface area contributed by atoms with Gasteiger partial charge in [0, 0.05) is 12.1 Å². The van der Waals surface area contributed by atoms with Gasteiger partial charge < -0.3 is 5.73 Å². The van der Waals surface area contributed by atoms with Crippen LogP contribution in [0.4, 0.5) is 5.95 Å². The Balaban J connectivity index is 2.60. The average Bonchev–Trinajstić information content (AvgIpc) is 2.13. The van der Waals surface area contributed by atoms with E-state index >= 15 is 0 Å². The minimum atomic E-state index is -0.151. The summed E-state index contributed by atoms with van der Waals surface area (Å²) in [7, 11) is 0. The summed E-state index contributed by atoms with van der Waals surface area (Å²) in [5.41, 5.74) is 6.00. The van der Waals surface area contributed by atoms with E-state index in [0.29, 0.717) is 30.2 Å². The highest BCUT2D eigenvalue weighted by molar-refractivity contribution is 6.29. The maximum absolute atomic E-state index is 11.3. The lowest BCUT2D eigenvalue weighted by atomic mass is 10.3. The first-order chi connectivity index (χ1) is 7.11. The van der Waals surface area contributed by atoms with Gasteiger partial charge in [-0.2, -0.15) is 0 Å². The summed E-state index contributed by atoms with van der Waals surface area (Å²) >= 11 is 5.72. The van der Waals surface area contributed by atoms with E-state index in [9.17, 15) is 4.79 Å². The van der Waals surface area contributed by atoms with Crippen molar-refractivity contribution in [2.24, 2.45) is 5.73 Å². The fourth-order valence-corrected chi connectivity index (χ4v) is 1.27. The molecule has 1 aromatic heterocycles. The number of hydrogen-bond donors (Lipinski definition) is 2. The van der Waals surface area contributed by atoms with Crippen LogP contribution in [0.2, 0.25) is 5.15 Å². The molecule has 0 saturated heterocycles. The lowest BCUT2D eigenvalue weighted by Crippen LogP contribution is -2.15. The van der Waals surface area contributed by atoms with Gasteiger partial charge in [0.2, 0.25) is 11.9 Å². The number of anilines is 1. The van der Waals surface area contributed by atoms with E-state index in [-0.39, 0.29) is 11.9 Å². The minimum absolute atomic E-state index is 0.151. The number of aromatic nitrogens is 2. The average molecular weight is 229 g/mol. The maximum Gasteiger partial charge on any atom is 0.231 e. The number of halogens is 1. The Labute approximate surface area is 93.0 Å². The van der Waals surface area contributed by atoms with Crippen LogP contribution < -0.4 is 11.1 Å². The fourth-order valence-electron chi connectivity index (χ4n) is 1.04. The number of nitrogens with one attached hydrogen (secondary N) is 1. The Morgan fingerprint density at radius 1 is 1.60 bits per heavy atom. The molecule has 0 aliphatic rings. The molecule has 82 valence electrons. The van der Waals surface area contributed by atoms with Crippen molar-refractivity contribution in [2.45, 2.75) is 19.8 Å². The number of nitrogens with zero attached hydrogens (tertiary/aromatic N) is 2. The van der Waals surface area contributed by atoms with Gasteiger partial charge in [-0.05, 0) is 26.0 Å². The topological polar surface area (TPSA) is 80.9 Å². The summed E-state index contributed by atoms with van der Waals surface area (Å²) in [6.07, 6.45) is 1.01. The van der Waals surface area contributed by atoms with Crippen LogP contribution in [0.5, 0.6) is 0 Å². The van der Waals surface area contributed by atoms with Gasteiger partial charge >= 0.3 is 0 Å². The predicted octanol–water partition coefficient (Wildman–Crippen LogP) is 1.12. The molecule has 1 aromatic rings. The lowest BCUT2D eigenvalue weighted by molar-refractivity contribution is -0.116. The molecule has 1 amide bonds. The molecule has 6 heteroatoms. The second-order valence-electron chi connectivity index (χ2n) is 3.10. The first-order valence-electron chi connectivity index (χ1n) is 4.63. The summed E-state index contributed by atoms with van der Waals surface area (Å²) in [5.74, 6) is 0.0872. The van der Waals surface area contributed by atoms with Crippen LogP contribution in [0.15, 0.2) is 6.07 Å². The van der Waals surface area contributed by atoms with Crippen LogP contribution >= 0.6 is 11.6 Å². The van der Waals surface area contributed by atoms with Crippen LogP contribution in [0.1, 0.15) is 18.5 Å². The number of hydrogen-bond acceptors (Lipinski definition) is 4. The molecule has 5 nitrogen and oxygen atoms in total. The predicted molar refractivity (Wildman–Crippen MR) is 58.7 cm³/mol. The van der Waals surface area contributed by atoms with Gasteiger partial charge in [0.15, 0.2) is 0 Å². The molecule has 0 unspecified atom stereocenters. The van der Waals surface area contributed by atoms with Gasteiger partial charge in [0.25, 0.3) is 0 Å². The van der Waals surface area contributed by atoms with Crippen molar-refractivity contribution in [3.63, 3.8) is 0 Å². The second-order valence-corrected chi connectivity index (χ2v) is 3.48. The monoisotopic (exact) mass is 228 g/mol. The Bertz CT molecular complexity index is 336. The van der Waals surface area contributed by atoms with Crippen LogP contribution in [-0.2, 0) is 4.79 Å². The smallest absolute Gasteiger partial charge is 0.231 e. The quantitative estimate of drug-likeness (QED) is 0.757. The minimum Gasteiger partial charge on any atom is -0.330 e. The zero-order valence-corrected chi connectivity index (χ0v) is 9.21. The van der Waals surface area contributed by atoms with Crippen molar-refractivity contribution in [2.75, 3.05) is 11.9 Å². The molecule has 0 radical (unpaired) electrons. The van der Waals surface area contributed by atoms with Gasteiger partial charge in [0.1, 0.15) is 5.15 Å². The summed E-state index contributed by atoms with van der Waals surface area (Å²) < 4.78 is 0. The lowest BCUT2D eigenvalue weighted by Gasteiger charge is -2.03. The fraction of sp³-hybridized carbons (Fsp3) is 0.444. The summed E-state index contributed by atoms with van der Waals surface area (Å²) in [4.78, 5) is 19.2. The first-order valence-corrected chi connectivity index (χ1v) is 5.00. The van der Waals surface area contributed by atoms with Crippen molar-refractivity contribution >= 4 is 23.5 Å². The number of nitrogens with two attached hydrogens (primary N) is 1. The standard InChI is InChI=1S/C9H13ClN4O/c1-6-5-7(10)13-9(12-6)14-8(15)3-2-4-11/h5H,2-4,11H2,1H3,(H,12,13,14,15). The van der Waals surface area contributed by atoms with E-state index in [0.717, 1.165) is 0 Å². The van der Waals surface area contributed by atoms with E-state index < -0.39 is 0 Å². The van der Waals surface area contributed by atoms with Gasteiger partial charge in [-0.1, -0.05) is 11.6 Å². The van der Waals surface area contributed by atoms with Crippen molar-refractivity contribution in [1.82, 2.24) is 9.97 Å². The van der Waals surface area contributed by atoms with Crippen molar-refractivity contribution < 1.29 is 4.79 Å².